The van der Waals surface area contributed by atoms with Crippen LogP contribution in [0, 0.1) is 13.8 Å². The van der Waals surface area contributed by atoms with Crippen molar-refractivity contribution in [3.63, 3.8) is 0 Å². The molecule has 0 unspecified atom stereocenters. The highest BCUT2D eigenvalue weighted by Crippen LogP contribution is 2.27. The van der Waals surface area contributed by atoms with Crippen LogP contribution in [0.1, 0.15) is 34.1 Å². The molecule has 0 bridgehead atoms. The average Bonchev–Trinajstić information content (AvgIpc) is 2.87. The Kier molecular flexibility index (Phi) is 4.16. The van der Waals surface area contributed by atoms with Crippen LogP contribution in [-0.4, -0.2) is 10.4 Å². The molecule has 2 nitrogen and oxygen atoms in total. The van der Waals surface area contributed by atoms with Crippen LogP contribution < -0.4 is 0 Å². The van der Waals surface area contributed by atoms with E-state index in [0.717, 1.165) is 29.1 Å². The van der Waals surface area contributed by atoms with Gasteiger partial charge in [0, 0.05) is 23.5 Å². The van der Waals surface area contributed by atoms with Crippen molar-refractivity contribution in [1.29, 1.82) is 0 Å². The average molecular weight is 303 g/mol. The summed E-state index contributed by atoms with van der Waals surface area (Å²) in [4.78, 5) is 12.0. The predicted octanol–water partition coefficient (Wildman–Crippen LogP) is 5.02. The van der Waals surface area contributed by atoms with Crippen LogP contribution in [0.4, 0.5) is 0 Å². The van der Waals surface area contributed by atoms with Crippen LogP contribution in [0.2, 0.25) is 0 Å². The second kappa shape index (κ2) is 6.25. The van der Waals surface area contributed by atoms with Gasteiger partial charge in [-0.25, -0.2) is 0 Å². The summed E-state index contributed by atoms with van der Waals surface area (Å²) in [5, 5.41) is 0. The lowest BCUT2D eigenvalue weighted by molar-refractivity contribution is 0.101. The van der Waals surface area contributed by atoms with Gasteiger partial charge < -0.3 is 4.57 Å². The summed E-state index contributed by atoms with van der Waals surface area (Å²) in [5.41, 5.74) is 6.53. The summed E-state index contributed by atoms with van der Waals surface area (Å²) in [6.07, 6.45) is 0. The summed E-state index contributed by atoms with van der Waals surface area (Å²) in [6, 6.07) is 20.8. The minimum atomic E-state index is 0.114. The number of carbonyl (C=O) groups excluding carboxylic acids is 1. The van der Waals surface area contributed by atoms with Gasteiger partial charge in [-0.2, -0.15) is 0 Å². The van der Waals surface area contributed by atoms with Crippen LogP contribution in [-0.2, 0) is 6.54 Å². The van der Waals surface area contributed by atoms with Crippen molar-refractivity contribution in [1.82, 2.24) is 4.57 Å². The molecular formula is C21H21NO. The molecule has 3 rings (SSSR count). The summed E-state index contributed by atoms with van der Waals surface area (Å²) < 4.78 is 2.23. The molecule has 116 valence electrons. The van der Waals surface area contributed by atoms with Crippen molar-refractivity contribution in [2.45, 2.75) is 27.3 Å². The molecule has 0 N–H and O–H groups in total. The van der Waals surface area contributed by atoms with Crippen LogP contribution >= 0.6 is 0 Å². The molecule has 2 aromatic carbocycles. The first-order chi connectivity index (χ1) is 11.1. The van der Waals surface area contributed by atoms with Crippen LogP contribution in [0.3, 0.4) is 0 Å². The Bertz CT molecular complexity index is 826. The minimum absolute atomic E-state index is 0.114. The maximum absolute atomic E-state index is 12.0. The Balaban J connectivity index is 2.12. The highest BCUT2D eigenvalue weighted by molar-refractivity contribution is 5.96. The maximum Gasteiger partial charge on any atom is 0.161 e. The minimum Gasteiger partial charge on any atom is -0.340 e. The van der Waals surface area contributed by atoms with Crippen molar-refractivity contribution in [3.05, 3.63) is 83.0 Å². The number of aromatic nitrogens is 1. The lowest BCUT2D eigenvalue weighted by Crippen LogP contribution is -2.05. The Hall–Kier alpha value is -2.61. The zero-order chi connectivity index (χ0) is 16.4. The molecule has 1 aromatic heterocycles. The molecule has 3 aromatic rings. The lowest BCUT2D eigenvalue weighted by Gasteiger charge is -2.12. The van der Waals surface area contributed by atoms with Gasteiger partial charge in [0.15, 0.2) is 5.78 Å². The third-order valence-corrected chi connectivity index (χ3v) is 4.28. The van der Waals surface area contributed by atoms with Crippen molar-refractivity contribution < 1.29 is 4.79 Å². The molecule has 0 aliphatic heterocycles. The predicted molar refractivity (Wildman–Crippen MR) is 94.9 cm³/mol. The zero-order valence-corrected chi connectivity index (χ0v) is 13.8. The topological polar surface area (TPSA) is 22.0 Å². The van der Waals surface area contributed by atoms with Gasteiger partial charge in [0.1, 0.15) is 0 Å². The van der Waals surface area contributed by atoms with E-state index in [1.165, 1.54) is 11.1 Å². The molecule has 0 atom stereocenters. The third-order valence-electron chi connectivity index (χ3n) is 4.28. The second-order valence-corrected chi connectivity index (χ2v) is 6.02. The van der Waals surface area contributed by atoms with Crippen LogP contribution in [0.25, 0.3) is 11.3 Å². The Labute approximate surface area is 137 Å². The van der Waals surface area contributed by atoms with E-state index in [0.29, 0.717) is 0 Å². The molecule has 0 aliphatic rings. The van der Waals surface area contributed by atoms with Crippen molar-refractivity contribution in [3.8, 4) is 11.3 Å². The fourth-order valence-corrected chi connectivity index (χ4v) is 2.93. The van der Waals surface area contributed by atoms with Gasteiger partial charge in [0.05, 0.1) is 0 Å². The second-order valence-electron chi connectivity index (χ2n) is 6.02. The number of benzene rings is 2. The van der Waals surface area contributed by atoms with E-state index in [4.69, 9.17) is 0 Å². The number of rotatable bonds is 4. The van der Waals surface area contributed by atoms with Gasteiger partial charge in [-0.05, 0) is 38.0 Å². The maximum atomic E-state index is 12.0. The van der Waals surface area contributed by atoms with E-state index in [9.17, 15) is 4.79 Å². The molecule has 1 heterocycles. The van der Waals surface area contributed by atoms with E-state index in [1.54, 1.807) is 6.92 Å². The SMILES string of the molecule is CC(=O)c1cc(-c2ccc(C)cc2)n(Cc2ccccc2)c1C. The standard InChI is InChI=1S/C21H21NO/c1-15-9-11-19(12-10-15)21-13-20(17(3)23)16(2)22(21)14-18-7-5-4-6-8-18/h4-13H,14H2,1-3H3. The molecule has 2 heteroatoms. The molecule has 0 radical (unpaired) electrons. The summed E-state index contributed by atoms with van der Waals surface area (Å²) in [5.74, 6) is 0.114. The molecule has 0 saturated carbocycles. The first-order valence-electron chi connectivity index (χ1n) is 7.88. The van der Waals surface area contributed by atoms with Crippen molar-refractivity contribution >= 4 is 5.78 Å². The molecule has 0 aliphatic carbocycles. The van der Waals surface area contributed by atoms with Gasteiger partial charge >= 0.3 is 0 Å². The Morgan fingerprint density at radius 2 is 1.61 bits per heavy atom. The van der Waals surface area contributed by atoms with Gasteiger partial charge in [0.2, 0.25) is 0 Å². The number of hydrogen-bond donors (Lipinski definition) is 0. The van der Waals surface area contributed by atoms with Gasteiger partial charge in [0.25, 0.3) is 0 Å². The van der Waals surface area contributed by atoms with Crippen LogP contribution in [0.5, 0.6) is 0 Å². The van der Waals surface area contributed by atoms with Crippen molar-refractivity contribution in [2.75, 3.05) is 0 Å². The van der Waals surface area contributed by atoms with Gasteiger partial charge in [-0.1, -0.05) is 60.2 Å². The molecular weight excluding hydrogens is 282 g/mol. The fourth-order valence-electron chi connectivity index (χ4n) is 2.93. The lowest BCUT2D eigenvalue weighted by atomic mass is 10.1. The van der Waals surface area contributed by atoms with E-state index in [2.05, 4.69) is 47.9 Å². The Morgan fingerprint density at radius 3 is 2.22 bits per heavy atom. The largest absolute Gasteiger partial charge is 0.340 e. The van der Waals surface area contributed by atoms with Gasteiger partial charge in [-0.15, -0.1) is 0 Å². The van der Waals surface area contributed by atoms with E-state index in [-0.39, 0.29) is 5.78 Å². The molecule has 0 saturated heterocycles. The zero-order valence-electron chi connectivity index (χ0n) is 13.8. The van der Waals surface area contributed by atoms with Crippen LogP contribution in [0.15, 0.2) is 60.7 Å². The molecule has 23 heavy (non-hydrogen) atoms. The first-order valence-corrected chi connectivity index (χ1v) is 7.88. The number of aryl methyl sites for hydroxylation is 1. The summed E-state index contributed by atoms with van der Waals surface area (Å²) >= 11 is 0. The quantitative estimate of drug-likeness (QED) is 0.620. The number of Topliss-reactive ketones (excluding diaryl/α,β-unsaturated/α-hetero) is 1. The number of nitrogens with zero attached hydrogens (tertiary/aromatic N) is 1. The van der Waals surface area contributed by atoms with Crippen molar-refractivity contribution in [2.24, 2.45) is 0 Å². The summed E-state index contributed by atoms with van der Waals surface area (Å²) in [7, 11) is 0. The molecule has 0 fully saturated rings. The molecule has 0 amide bonds. The first kappa shape index (κ1) is 15.3. The fraction of sp³-hybridized carbons (Fsp3) is 0.190. The highest BCUT2D eigenvalue weighted by Gasteiger charge is 2.16. The highest BCUT2D eigenvalue weighted by atomic mass is 16.1. The third kappa shape index (κ3) is 3.11. The number of ketones is 1. The van der Waals surface area contributed by atoms with E-state index < -0.39 is 0 Å². The summed E-state index contributed by atoms with van der Waals surface area (Å²) in [6.45, 7) is 6.51. The monoisotopic (exact) mass is 303 g/mol. The normalized spacial score (nSPS) is 10.7. The number of hydrogen-bond acceptors (Lipinski definition) is 1. The number of carbonyl (C=O) groups is 1. The van der Waals surface area contributed by atoms with Gasteiger partial charge in [-0.3, -0.25) is 4.79 Å². The Morgan fingerprint density at radius 1 is 0.957 bits per heavy atom. The smallest absolute Gasteiger partial charge is 0.161 e. The van der Waals surface area contributed by atoms with E-state index in [1.807, 2.05) is 31.2 Å². The molecule has 0 spiro atoms. The van der Waals surface area contributed by atoms with E-state index >= 15 is 0 Å².